The number of rotatable bonds is 3. The molecule has 136 valence electrons. The third kappa shape index (κ3) is 3.81. The smallest absolute Gasteiger partial charge is 0.194 e. The highest BCUT2D eigenvalue weighted by molar-refractivity contribution is 6.48. The monoisotopic (exact) mass is 365 g/mol. The van der Waals surface area contributed by atoms with Gasteiger partial charge in [0.1, 0.15) is 0 Å². The second-order valence-corrected chi connectivity index (χ2v) is 6.52. The molecule has 0 spiro atoms. The van der Waals surface area contributed by atoms with Crippen LogP contribution in [0.1, 0.15) is 11.1 Å². The average molecular weight is 365 g/mol. The zero-order chi connectivity index (χ0) is 19.3. The Morgan fingerprint density at radius 1 is 0.679 bits per heavy atom. The second-order valence-electron chi connectivity index (χ2n) is 6.52. The normalized spacial score (nSPS) is 13.6. The van der Waals surface area contributed by atoms with E-state index in [4.69, 9.17) is 0 Å². The van der Waals surface area contributed by atoms with Crippen LogP contribution in [0.4, 0.5) is 0 Å². The Balaban J connectivity index is 1.82. The van der Waals surface area contributed by atoms with Crippen molar-refractivity contribution >= 4 is 22.6 Å². The van der Waals surface area contributed by atoms with Gasteiger partial charge in [0.15, 0.2) is 5.78 Å². The molecular formula is C24H19N3O. The summed E-state index contributed by atoms with van der Waals surface area (Å²) in [4.78, 5) is 13.2. The van der Waals surface area contributed by atoms with Gasteiger partial charge in [-0.2, -0.15) is 10.2 Å². The van der Waals surface area contributed by atoms with Crippen LogP contribution in [0.25, 0.3) is 11.1 Å². The fraction of sp³-hybridized carbons (Fsp3) is 0.0417. The zero-order valence-electron chi connectivity index (χ0n) is 15.5. The fourth-order valence-corrected chi connectivity index (χ4v) is 3.01. The predicted molar refractivity (Wildman–Crippen MR) is 112 cm³/mol. The fourth-order valence-electron chi connectivity index (χ4n) is 3.01. The highest BCUT2D eigenvalue weighted by atomic mass is 16.1. The minimum Gasteiger partial charge on any atom is -0.357 e. The highest BCUT2D eigenvalue weighted by Crippen LogP contribution is 2.29. The molecule has 4 rings (SSSR count). The van der Waals surface area contributed by atoms with E-state index in [9.17, 15) is 4.79 Å². The Labute approximate surface area is 163 Å². The molecule has 0 amide bonds. The lowest BCUT2D eigenvalue weighted by molar-refractivity contribution is -0.108. The molecule has 1 aromatic heterocycles. The third-order valence-electron chi connectivity index (χ3n) is 4.49. The Bertz CT molecular complexity index is 1090. The lowest BCUT2D eigenvalue weighted by Crippen LogP contribution is -2.13. The zero-order valence-corrected chi connectivity index (χ0v) is 15.5. The molecule has 0 bridgehead atoms. The molecule has 0 unspecified atom stereocenters. The van der Waals surface area contributed by atoms with Crippen LogP contribution in [0, 0.1) is 0 Å². The molecule has 0 N–H and O–H groups in total. The lowest BCUT2D eigenvalue weighted by Gasteiger charge is -2.15. The van der Waals surface area contributed by atoms with E-state index < -0.39 is 0 Å². The lowest BCUT2D eigenvalue weighted by atomic mass is 9.87. The van der Waals surface area contributed by atoms with Gasteiger partial charge >= 0.3 is 0 Å². The van der Waals surface area contributed by atoms with Crippen LogP contribution in [0.5, 0.6) is 0 Å². The van der Waals surface area contributed by atoms with E-state index in [1.54, 1.807) is 12.2 Å². The molecule has 1 heterocycles. The van der Waals surface area contributed by atoms with Crippen molar-refractivity contribution in [3.63, 3.8) is 0 Å². The molecular weight excluding hydrogens is 346 g/mol. The van der Waals surface area contributed by atoms with Crippen molar-refractivity contribution < 1.29 is 4.79 Å². The summed E-state index contributed by atoms with van der Waals surface area (Å²) in [6.45, 7) is 0. The first-order valence-electron chi connectivity index (χ1n) is 9.04. The van der Waals surface area contributed by atoms with Gasteiger partial charge in [-0.25, -0.2) is 0 Å². The van der Waals surface area contributed by atoms with Crippen LogP contribution in [0.3, 0.4) is 0 Å². The summed E-state index contributed by atoms with van der Waals surface area (Å²) in [7, 11) is 1.95. The number of hydrogen-bond acceptors (Lipinski definition) is 3. The molecule has 0 aliphatic heterocycles. The molecule has 1 aliphatic rings. The topological polar surface area (TPSA) is 46.7 Å². The van der Waals surface area contributed by atoms with Crippen LogP contribution in [0.15, 0.2) is 108 Å². The van der Waals surface area contributed by atoms with Gasteiger partial charge in [-0.05, 0) is 35.4 Å². The number of pyridine rings is 1. The molecule has 0 saturated heterocycles. The van der Waals surface area contributed by atoms with Crippen molar-refractivity contribution in [3.8, 4) is 0 Å². The summed E-state index contributed by atoms with van der Waals surface area (Å²) in [5.74, 6) is -0.0110. The summed E-state index contributed by atoms with van der Waals surface area (Å²) < 4.78 is 1.94. The highest BCUT2D eigenvalue weighted by Gasteiger charge is 2.23. The van der Waals surface area contributed by atoms with Crippen molar-refractivity contribution in [2.75, 3.05) is 0 Å². The van der Waals surface area contributed by atoms with Gasteiger partial charge in [-0.1, -0.05) is 60.7 Å². The number of hydrogen-bond donors (Lipinski definition) is 0. The molecule has 0 atom stereocenters. The Kier molecular flexibility index (Phi) is 4.93. The molecule has 1 aliphatic carbocycles. The maximum Gasteiger partial charge on any atom is 0.194 e. The third-order valence-corrected chi connectivity index (χ3v) is 4.49. The number of carbonyl (C=O) groups is 1. The van der Waals surface area contributed by atoms with Gasteiger partial charge in [-0.3, -0.25) is 4.79 Å². The molecule has 28 heavy (non-hydrogen) atoms. The number of Topliss-reactive ketones (excluding diaryl/α,β-unsaturated/α-hetero) is 1. The van der Waals surface area contributed by atoms with Crippen LogP contribution in [-0.4, -0.2) is 16.1 Å². The summed E-state index contributed by atoms with van der Waals surface area (Å²) in [5, 5.41) is 9.48. The van der Waals surface area contributed by atoms with E-state index in [-0.39, 0.29) is 5.78 Å². The molecule has 2 aromatic carbocycles. The Morgan fingerprint density at radius 3 is 1.68 bits per heavy atom. The number of allylic oxidation sites excluding steroid dienone is 4. The van der Waals surface area contributed by atoms with Gasteiger partial charge in [0.25, 0.3) is 0 Å². The van der Waals surface area contributed by atoms with Crippen molar-refractivity contribution in [1.82, 2.24) is 4.57 Å². The number of benzene rings is 2. The average Bonchev–Trinajstić information content (AvgIpc) is 2.75. The molecule has 4 nitrogen and oxygen atoms in total. The SMILES string of the molecule is Cn1ccc(=NN=C2C=C(c3ccccc3)C(=O)C(c3ccccc3)=C2)cc1. The molecule has 0 fully saturated rings. The summed E-state index contributed by atoms with van der Waals surface area (Å²) in [6.07, 6.45) is 7.44. The van der Waals surface area contributed by atoms with E-state index in [0.29, 0.717) is 16.9 Å². The van der Waals surface area contributed by atoms with Gasteiger partial charge in [0, 0.05) is 30.6 Å². The molecule has 0 saturated carbocycles. The van der Waals surface area contributed by atoms with E-state index in [1.807, 2.05) is 96.8 Å². The molecule has 4 heteroatoms. The van der Waals surface area contributed by atoms with Crippen molar-refractivity contribution in [3.05, 3.63) is 114 Å². The van der Waals surface area contributed by atoms with Crippen LogP contribution in [0.2, 0.25) is 0 Å². The first kappa shape index (κ1) is 17.6. The summed E-state index contributed by atoms with van der Waals surface area (Å²) in [5.41, 5.74) is 3.62. The van der Waals surface area contributed by atoms with E-state index in [1.165, 1.54) is 0 Å². The minimum absolute atomic E-state index is 0.0110. The van der Waals surface area contributed by atoms with Crippen LogP contribution >= 0.6 is 0 Å². The standard InChI is InChI=1S/C24H19N3O/c1-27-14-12-20(13-15-27)25-26-21-16-22(18-8-4-2-5-9-18)24(28)23(17-21)19-10-6-3-7-11-19/h2-17H,1H3. The number of aryl methyl sites for hydroxylation is 1. The van der Waals surface area contributed by atoms with E-state index in [2.05, 4.69) is 10.2 Å². The summed E-state index contributed by atoms with van der Waals surface area (Å²) in [6, 6.07) is 23.1. The number of carbonyl (C=O) groups excluding carboxylic acids is 1. The van der Waals surface area contributed by atoms with E-state index >= 15 is 0 Å². The molecule has 0 radical (unpaired) electrons. The number of ketones is 1. The Hall–Kier alpha value is -3.79. The summed E-state index contributed by atoms with van der Waals surface area (Å²) >= 11 is 0. The second kappa shape index (κ2) is 7.84. The quantitative estimate of drug-likeness (QED) is 0.511. The largest absolute Gasteiger partial charge is 0.357 e. The van der Waals surface area contributed by atoms with Gasteiger partial charge < -0.3 is 4.57 Å². The first-order chi connectivity index (χ1) is 13.7. The van der Waals surface area contributed by atoms with Gasteiger partial charge in [0.05, 0.1) is 11.1 Å². The van der Waals surface area contributed by atoms with Crippen molar-refractivity contribution in [1.29, 1.82) is 0 Å². The number of aromatic nitrogens is 1. The Morgan fingerprint density at radius 2 is 1.18 bits per heavy atom. The maximum atomic E-state index is 13.2. The van der Waals surface area contributed by atoms with Crippen LogP contribution < -0.4 is 5.36 Å². The van der Waals surface area contributed by atoms with E-state index in [0.717, 1.165) is 16.5 Å². The van der Waals surface area contributed by atoms with Gasteiger partial charge in [-0.15, -0.1) is 0 Å². The minimum atomic E-state index is -0.0110. The van der Waals surface area contributed by atoms with Crippen LogP contribution in [-0.2, 0) is 11.8 Å². The number of nitrogens with zero attached hydrogens (tertiary/aromatic N) is 3. The maximum absolute atomic E-state index is 13.2. The van der Waals surface area contributed by atoms with Gasteiger partial charge in [0.2, 0.25) is 0 Å². The predicted octanol–water partition coefficient (Wildman–Crippen LogP) is 4.03. The van der Waals surface area contributed by atoms with Crippen molar-refractivity contribution in [2.24, 2.45) is 17.3 Å². The van der Waals surface area contributed by atoms with Crippen molar-refractivity contribution in [2.45, 2.75) is 0 Å². The molecule has 3 aromatic rings. The first-order valence-corrected chi connectivity index (χ1v) is 9.04.